The van der Waals surface area contributed by atoms with Gasteiger partial charge >= 0.3 is 0 Å². The molecule has 2 rings (SSSR count). The summed E-state index contributed by atoms with van der Waals surface area (Å²) in [5.41, 5.74) is 2.10. The average Bonchev–Trinajstić information content (AvgIpc) is 2.80. The Morgan fingerprint density at radius 3 is 1.94 bits per heavy atom. The number of terminal acetylenes is 1. The second kappa shape index (κ2) is 13.1. The number of ether oxygens (including phenoxy) is 3. The van der Waals surface area contributed by atoms with Crippen molar-refractivity contribution in [1.29, 1.82) is 0 Å². The first-order chi connectivity index (χ1) is 14.9. The quantitative estimate of drug-likeness (QED) is 0.166. The highest BCUT2D eigenvalue weighted by Gasteiger charge is 2.23. The van der Waals surface area contributed by atoms with E-state index in [0.717, 1.165) is 16.9 Å². The third-order valence-electron chi connectivity index (χ3n) is 4.82. The summed E-state index contributed by atoms with van der Waals surface area (Å²) in [5.74, 6) is 4.04. The molecule has 168 valence electrons. The maximum Gasteiger partial charge on any atom is 0.127 e. The Balaban J connectivity index is 1.96. The van der Waals surface area contributed by atoms with Crippen molar-refractivity contribution in [3.63, 3.8) is 0 Å². The molecular weight excluding hydrogens is 531 g/mol. The highest BCUT2D eigenvalue weighted by atomic mass is 127. The van der Waals surface area contributed by atoms with Gasteiger partial charge in [-0.2, -0.15) is 0 Å². The minimum atomic E-state index is -0.673. The van der Waals surface area contributed by atoms with Crippen LogP contribution in [0.4, 0.5) is 0 Å². The van der Waals surface area contributed by atoms with Crippen LogP contribution in [-0.2, 0) is 13.2 Å². The van der Waals surface area contributed by atoms with E-state index in [1.54, 1.807) is 0 Å². The Labute approximate surface area is 203 Å². The lowest BCUT2D eigenvalue weighted by atomic mass is 9.78. The summed E-state index contributed by atoms with van der Waals surface area (Å²) in [6.07, 6.45) is 4.31. The van der Waals surface area contributed by atoms with Gasteiger partial charge in [0.15, 0.2) is 0 Å². The fourth-order valence-electron chi connectivity index (χ4n) is 2.88. The number of hydrogen-bond acceptors (Lipinski definition) is 5. The van der Waals surface area contributed by atoms with E-state index in [9.17, 15) is 5.11 Å². The molecule has 0 radical (unpaired) electrons. The Morgan fingerprint density at radius 2 is 1.48 bits per heavy atom. The molecule has 0 amide bonds. The predicted molar refractivity (Wildman–Crippen MR) is 131 cm³/mol. The van der Waals surface area contributed by atoms with Gasteiger partial charge in [-0.1, -0.05) is 44.0 Å². The Kier molecular flexibility index (Phi) is 10.9. The lowest BCUT2D eigenvalue weighted by molar-refractivity contribution is 0.0613. The van der Waals surface area contributed by atoms with Crippen molar-refractivity contribution in [3.8, 4) is 23.8 Å². The fourth-order valence-corrected chi connectivity index (χ4v) is 3.26. The van der Waals surface area contributed by atoms with Crippen LogP contribution in [-0.4, -0.2) is 49.6 Å². The van der Waals surface area contributed by atoms with Crippen molar-refractivity contribution in [3.05, 3.63) is 59.7 Å². The number of aliphatic hydroxyl groups excluding tert-OH is 1. The van der Waals surface area contributed by atoms with Crippen molar-refractivity contribution in [2.75, 3.05) is 32.3 Å². The molecule has 0 bridgehead atoms. The number of aliphatic hydroxyl groups is 1. The Morgan fingerprint density at radius 1 is 0.968 bits per heavy atom. The van der Waals surface area contributed by atoms with E-state index in [4.69, 9.17) is 35.3 Å². The normalized spacial score (nSPS) is 13.3. The third kappa shape index (κ3) is 8.17. The first-order valence-corrected chi connectivity index (χ1v) is 11.3. The van der Waals surface area contributed by atoms with Crippen molar-refractivity contribution in [2.45, 2.75) is 31.5 Å². The Hall–Kier alpha value is -1.50. The molecule has 2 aromatic rings. The number of alkyl halides is 1. The van der Waals surface area contributed by atoms with Gasteiger partial charge in [0.05, 0.1) is 12.5 Å². The van der Waals surface area contributed by atoms with Gasteiger partial charge in [-0.3, -0.25) is 0 Å². The van der Waals surface area contributed by atoms with Gasteiger partial charge in [0, 0.05) is 5.41 Å². The Bertz CT molecular complexity index is 817. The summed E-state index contributed by atoms with van der Waals surface area (Å²) in [6, 6.07) is 15.9. The highest BCUT2D eigenvalue weighted by Crippen LogP contribution is 2.33. The van der Waals surface area contributed by atoms with Gasteiger partial charge in [0.2, 0.25) is 0 Å². The maximum atomic E-state index is 9.52. The summed E-state index contributed by atoms with van der Waals surface area (Å²) in [4.78, 5) is 0. The average molecular weight is 559 g/mol. The zero-order valence-electron chi connectivity index (χ0n) is 17.7. The van der Waals surface area contributed by atoms with Gasteiger partial charge in [-0.15, -0.1) is 18.0 Å². The molecule has 0 fully saturated rings. The van der Waals surface area contributed by atoms with Gasteiger partial charge in [-0.05, 0) is 35.4 Å². The largest absolute Gasteiger partial charge is 0.491 e. The standard InChI is InChI=1S/C24H28ClIO5/c1-4-13-28-16-23(31-26)17-30-22-11-7-19(8-12-22)24(2,3)18-5-9-21(10-6-18)29-15-20(27)14-25/h1,5-12,20,23,27H,13-17H2,2-3H3/t20-,23-/m0/s1. The second-order valence-corrected chi connectivity index (χ2v) is 8.35. The predicted octanol–water partition coefficient (Wildman–Crippen LogP) is 4.75. The molecule has 31 heavy (non-hydrogen) atoms. The van der Waals surface area contributed by atoms with Gasteiger partial charge in [0.1, 0.15) is 66.5 Å². The molecule has 0 aliphatic carbocycles. The van der Waals surface area contributed by atoms with Crippen LogP contribution in [0.2, 0.25) is 0 Å². The van der Waals surface area contributed by atoms with Gasteiger partial charge in [0.25, 0.3) is 0 Å². The summed E-state index contributed by atoms with van der Waals surface area (Å²) < 4.78 is 22.0. The molecule has 0 saturated carbocycles. The molecule has 5 nitrogen and oxygen atoms in total. The van der Waals surface area contributed by atoms with Crippen LogP contribution in [0.25, 0.3) is 0 Å². The first-order valence-electron chi connectivity index (χ1n) is 9.90. The summed E-state index contributed by atoms with van der Waals surface area (Å²) in [6.45, 7) is 5.51. The van der Waals surface area contributed by atoms with E-state index in [0.29, 0.717) is 19.0 Å². The van der Waals surface area contributed by atoms with Crippen LogP contribution in [0.3, 0.4) is 0 Å². The van der Waals surface area contributed by atoms with E-state index in [1.807, 2.05) is 59.4 Å². The first kappa shape index (κ1) is 25.8. The zero-order chi connectivity index (χ0) is 22.7. The topological polar surface area (TPSA) is 57.2 Å². The molecule has 0 aliphatic rings. The van der Waals surface area contributed by atoms with Crippen LogP contribution in [0, 0.1) is 12.3 Å². The van der Waals surface area contributed by atoms with Gasteiger partial charge in [-0.25, -0.2) is 0 Å². The summed E-state index contributed by atoms with van der Waals surface area (Å²) >= 11 is 7.43. The monoisotopic (exact) mass is 558 g/mol. The van der Waals surface area contributed by atoms with Gasteiger partial charge < -0.3 is 22.4 Å². The molecule has 0 aromatic heterocycles. The minimum absolute atomic E-state index is 0.149. The smallest absolute Gasteiger partial charge is 0.127 e. The van der Waals surface area contributed by atoms with Crippen molar-refractivity contribution in [2.24, 2.45) is 0 Å². The second-order valence-electron chi connectivity index (χ2n) is 7.53. The molecule has 0 heterocycles. The molecule has 0 saturated heterocycles. The number of hydrogen-bond donors (Lipinski definition) is 1. The molecule has 2 aromatic carbocycles. The minimum Gasteiger partial charge on any atom is -0.491 e. The zero-order valence-corrected chi connectivity index (χ0v) is 20.6. The lowest BCUT2D eigenvalue weighted by Crippen LogP contribution is -2.24. The van der Waals surface area contributed by atoms with Crippen molar-refractivity contribution in [1.82, 2.24) is 0 Å². The summed E-state index contributed by atoms with van der Waals surface area (Å²) in [7, 11) is 0. The van der Waals surface area contributed by atoms with Crippen LogP contribution >= 0.6 is 34.6 Å². The van der Waals surface area contributed by atoms with E-state index in [1.165, 1.54) is 0 Å². The number of halogens is 2. The molecule has 0 unspecified atom stereocenters. The van der Waals surface area contributed by atoms with Crippen LogP contribution < -0.4 is 9.47 Å². The SMILES string of the molecule is C#CCOC[C@@H](COc1ccc(C(C)(C)c2ccc(OC[C@@H](O)CCl)cc2)cc1)OI. The molecule has 7 heteroatoms. The van der Waals surface area contributed by atoms with Crippen molar-refractivity contribution >= 4 is 34.6 Å². The molecule has 1 N–H and O–H groups in total. The fraction of sp³-hybridized carbons (Fsp3) is 0.417. The molecule has 0 aliphatic heterocycles. The van der Waals surface area contributed by atoms with E-state index >= 15 is 0 Å². The van der Waals surface area contributed by atoms with Crippen molar-refractivity contribution < 1.29 is 22.4 Å². The summed E-state index contributed by atoms with van der Waals surface area (Å²) in [5, 5.41) is 9.52. The van der Waals surface area contributed by atoms with Crippen LogP contribution in [0.1, 0.15) is 25.0 Å². The maximum absolute atomic E-state index is 9.52. The molecular formula is C24H28ClIO5. The van der Waals surface area contributed by atoms with E-state index in [-0.39, 0.29) is 30.6 Å². The number of benzene rings is 2. The lowest BCUT2D eigenvalue weighted by Gasteiger charge is -2.26. The van der Waals surface area contributed by atoms with E-state index in [2.05, 4.69) is 31.9 Å². The molecule has 2 atom stereocenters. The number of rotatable bonds is 13. The van der Waals surface area contributed by atoms with E-state index < -0.39 is 6.10 Å². The van der Waals surface area contributed by atoms with Crippen LogP contribution in [0.5, 0.6) is 11.5 Å². The highest BCUT2D eigenvalue weighted by molar-refractivity contribution is 14.1. The molecule has 0 spiro atoms. The third-order valence-corrected chi connectivity index (χ3v) is 5.90. The van der Waals surface area contributed by atoms with Crippen LogP contribution in [0.15, 0.2) is 48.5 Å².